The molecule has 3 heteroatoms. The number of benzene rings is 2. The number of methoxy groups -OCH3 is 2. The number of hydrogen-bond acceptors (Lipinski definition) is 3. The number of rotatable bonds is 6. The summed E-state index contributed by atoms with van der Waals surface area (Å²) in [6.45, 7) is 0. The number of allylic oxidation sites excluding steroid dienone is 1. The van der Waals surface area contributed by atoms with Crippen molar-refractivity contribution in [2.24, 2.45) is 0 Å². The molecule has 21 heavy (non-hydrogen) atoms. The number of carbonyl (C=O) groups is 1. The van der Waals surface area contributed by atoms with Crippen LogP contribution in [0.4, 0.5) is 0 Å². The van der Waals surface area contributed by atoms with Gasteiger partial charge < -0.3 is 9.47 Å². The first kappa shape index (κ1) is 14.9. The van der Waals surface area contributed by atoms with Crippen LogP contribution in [0.2, 0.25) is 0 Å². The lowest BCUT2D eigenvalue weighted by atomic mass is 10.1. The Hall–Kier alpha value is -2.55. The minimum Gasteiger partial charge on any atom is -0.497 e. The molecule has 0 unspecified atom stereocenters. The molecule has 2 rings (SSSR count). The molecular weight excluding hydrogens is 264 g/mol. The number of carbonyl (C=O) groups excluding carboxylic acids is 1. The quantitative estimate of drug-likeness (QED) is 0.760. The van der Waals surface area contributed by atoms with Gasteiger partial charge in [0.2, 0.25) is 0 Å². The smallest absolute Gasteiger partial charge is 0.160 e. The molecule has 0 aliphatic heterocycles. The van der Waals surface area contributed by atoms with Crippen molar-refractivity contribution in [2.45, 2.75) is 6.42 Å². The molecule has 0 aromatic heterocycles. The van der Waals surface area contributed by atoms with Crippen LogP contribution in [-0.2, 0) is 11.2 Å². The van der Waals surface area contributed by atoms with Crippen molar-refractivity contribution >= 4 is 11.9 Å². The van der Waals surface area contributed by atoms with Crippen LogP contribution < -0.4 is 9.47 Å². The second kappa shape index (κ2) is 7.29. The Kier molecular flexibility index (Phi) is 5.16. The predicted octanol–water partition coefficient (Wildman–Crippen LogP) is 3.53. The van der Waals surface area contributed by atoms with Crippen LogP contribution in [0.25, 0.3) is 6.08 Å². The van der Waals surface area contributed by atoms with Gasteiger partial charge in [0.1, 0.15) is 11.5 Å². The molecular formula is C18H18O3. The van der Waals surface area contributed by atoms with Crippen molar-refractivity contribution in [3.05, 3.63) is 65.7 Å². The molecule has 0 aliphatic carbocycles. The molecule has 2 aromatic rings. The van der Waals surface area contributed by atoms with E-state index in [4.69, 9.17) is 9.47 Å². The standard InChI is InChI=1S/C18H18O3/c1-20-17-9-4-14(5-10-17)3-8-16(19)13-15-6-11-18(21-2)12-7-15/h3-12H,13H2,1-2H3. The van der Waals surface area contributed by atoms with Crippen LogP contribution in [0, 0.1) is 0 Å². The Morgan fingerprint density at radius 2 is 1.43 bits per heavy atom. The van der Waals surface area contributed by atoms with Gasteiger partial charge in [0.25, 0.3) is 0 Å². The summed E-state index contributed by atoms with van der Waals surface area (Å²) in [5.41, 5.74) is 1.94. The van der Waals surface area contributed by atoms with E-state index in [2.05, 4.69) is 0 Å². The van der Waals surface area contributed by atoms with Crippen LogP contribution >= 0.6 is 0 Å². The zero-order valence-electron chi connectivity index (χ0n) is 12.2. The molecule has 0 saturated heterocycles. The van der Waals surface area contributed by atoms with Crippen LogP contribution in [0.5, 0.6) is 11.5 Å². The molecule has 108 valence electrons. The Labute approximate surface area is 124 Å². The molecule has 2 aromatic carbocycles. The van der Waals surface area contributed by atoms with E-state index < -0.39 is 0 Å². The van der Waals surface area contributed by atoms with E-state index in [1.54, 1.807) is 20.3 Å². The normalized spacial score (nSPS) is 10.6. The number of ether oxygens (including phenoxy) is 2. The van der Waals surface area contributed by atoms with E-state index in [9.17, 15) is 4.79 Å². The molecule has 0 atom stereocenters. The van der Waals surface area contributed by atoms with Crippen molar-refractivity contribution in [3.8, 4) is 11.5 Å². The second-order valence-electron chi connectivity index (χ2n) is 4.60. The van der Waals surface area contributed by atoms with Crippen LogP contribution in [-0.4, -0.2) is 20.0 Å². The summed E-state index contributed by atoms with van der Waals surface area (Å²) in [5, 5.41) is 0. The molecule has 0 bridgehead atoms. The molecule has 3 nitrogen and oxygen atoms in total. The maximum Gasteiger partial charge on any atom is 0.160 e. The largest absolute Gasteiger partial charge is 0.497 e. The Balaban J connectivity index is 1.94. The average Bonchev–Trinajstić information content (AvgIpc) is 2.54. The molecule has 0 N–H and O–H groups in total. The zero-order chi connectivity index (χ0) is 15.1. The SMILES string of the molecule is COc1ccc(C=CC(=O)Cc2ccc(OC)cc2)cc1. The van der Waals surface area contributed by atoms with Crippen molar-refractivity contribution in [1.29, 1.82) is 0 Å². The van der Waals surface area contributed by atoms with Crippen molar-refractivity contribution < 1.29 is 14.3 Å². The van der Waals surface area contributed by atoms with E-state index in [-0.39, 0.29) is 5.78 Å². The van der Waals surface area contributed by atoms with Gasteiger partial charge in [-0.3, -0.25) is 4.79 Å². The van der Waals surface area contributed by atoms with E-state index in [1.807, 2.05) is 54.6 Å². The first-order valence-corrected chi connectivity index (χ1v) is 6.69. The highest BCUT2D eigenvalue weighted by Gasteiger charge is 2.00. The topological polar surface area (TPSA) is 35.5 Å². The van der Waals surface area contributed by atoms with Gasteiger partial charge in [-0.2, -0.15) is 0 Å². The van der Waals surface area contributed by atoms with Gasteiger partial charge in [-0.15, -0.1) is 0 Å². The van der Waals surface area contributed by atoms with E-state index in [1.165, 1.54) is 0 Å². The highest BCUT2D eigenvalue weighted by atomic mass is 16.5. The molecule has 0 spiro atoms. The number of hydrogen-bond donors (Lipinski definition) is 0. The van der Waals surface area contributed by atoms with Gasteiger partial charge in [-0.25, -0.2) is 0 Å². The summed E-state index contributed by atoms with van der Waals surface area (Å²) in [6, 6.07) is 15.1. The third kappa shape index (κ3) is 4.49. The molecule has 0 fully saturated rings. The predicted molar refractivity (Wildman–Crippen MR) is 83.7 cm³/mol. The second-order valence-corrected chi connectivity index (χ2v) is 4.60. The summed E-state index contributed by atoms with van der Waals surface area (Å²) < 4.78 is 10.2. The Bertz CT molecular complexity index is 610. The molecule has 0 aliphatic rings. The molecule has 0 saturated carbocycles. The zero-order valence-corrected chi connectivity index (χ0v) is 12.2. The summed E-state index contributed by atoms with van der Waals surface area (Å²) in [6.07, 6.45) is 3.80. The van der Waals surface area contributed by atoms with Gasteiger partial charge in [0.15, 0.2) is 5.78 Å². The van der Waals surface area contributed by atoms with Gasteiger partial charge in [0.05, 0.1) is 14.2 Å². The Morgan fingerprint density at radius 1 is 0.905 bits per heavy atom. The fourth-order valence-electron chi connectivity index (χ4n) is 1.91. The maximum atomic E-state index is 11.9. The first-order chi connectivity index (χ1) is 10.2. The molecule has 0 amide bonds. The molecule has 0 heterocycles. The van der Waals surface area contributed by atoms with E-state index in [0.717, 1.165) is 22.6 Å². The maximum absolute atomic E-state index is 11.9. The van der Waals surface area contributed by atoms with Crippen molar-refractivity contribution in [2.75, 3.05) is 14.2 Å². The molecule has 0 radical (unpaired) electrons. The summed E-state index contributed by atoms with van der Waals surface area (Å²) >= 11 is 0. The van der Waals surface area contributed by atoms with Gasteiger partial charge in [-0.05, 0) is 41.5 Å². The average molecular weight is 282 g/mol. The minimum atomic E-state index is 0.0657. The van der Waals surface area contributed by atoms with Crippen molar-refractivity contribution in [1.82, 2.24) is 0 Å². The van der Waals surface area contributed by atoms with Gasteiger partial charge >= 0.3 is 0 Å². The summed E-state index contributed by atoms with van der Waals surface area (Å²) in [4.78, 5) is 11.9. The van der Waals surface area contributed by atoms with Gasteiger partial charge in [-0.1, -0.05) is 30.3 Å². The highest BCUT2D eigenvalue weighted by Crippen LogP contribution is 2.14. The lowest BCUT2D eigenvalue weighted by molar-refractivity contribution is -0.113. The van der Waals surface area contributed by atoms with Crippen LogP contribution in [0.3, 0.4) is 0 Å². The minimum absolute atomic E-state index is 0.0657. The van der Waals surface area contributed by atoms with Crippen LogP contribution in [0.15, 0.2) is 54.6 Å². The van der Waals surface area contributed by atoms with Crippen LogP contribution in [0.1, 0.15) is 11.1 Å². The summed E-state index contributed by atoms with van der Waals surface area (Å²) in [7, 11) is 3.25. The highest BCUT2D eigenvalue weighted by molar-refractivity contribution is 5.95. The van der Waals surface area contributed by atoms with Gasteiger partial charge in [0, 0.05) is 6.42 Å². The van der Waals surface area contributed by atoms with Crippen molar-refractivity contribution in [3.63, 3.8) is 0 Å². The first-order valence-electron chi connectivity index (χ1n) is 6.69. The number of ketones is 1. The third-order valence-electron chi connectivity index (χ3n) is 3.11. The fourth-order valence-corrected chi connectivity index (χ4v) is 1.91. The third-order valence-corrected chi connectivity index (χ3v) is 3.11. The summed E-state index contributed by atoms with van der Waals surface area (Å²) in [5.74, 6) is 1.66. The van der Waals surface area contributed by atoms with E-state index in [0.29, 0.717) is 6.42 Å². The Morgan fingerprint density at radius 3 is 1.95 bits per heavy atom. The lowest BCUT2D eigenvalue weighted by Gasteiger charge is -2.01. The fraction of sp³-hybridized carbons (Fsp3) is 0.167. The lowest BCUT2D eigenvalue weighted by Crippen LogP contribution is -1.98. The monoisotopic (exact) mass is 282 g/mol. The van der Waals surface area contributed by atoms with E-state index >= 15 is 0 Å².